The van der Waals surface area contributed by atoms with Gasteiger partial charge in [-0.15, -0.1) is 0 Å². The number of allylic oxidation sites excluding steroid dienone is 1. The van der Waals surface area contributed by atoms with Crippen molar-refractivity contribution in [3.63, 3.8) is 0 Å². The van der Waals surface area contributed by atoms with Gasteiger partial charge in [-0.25, -0.2) is 4.39 Å². The Labute approximate surface area is 86.5 Å². The van der Waals surface area contributed by atoms with Crippen LogP contribution in [0.5, 0.6) is 0 Å². The fourth-order valence-corrected chi connectivity index (χ4v) is 2.91. The van der Waals surface area contributed by atoms with Gasteiger partial charge in [0.2, 0.25) is 0 Å². The van der Waals surface area contributed by atoms with Gasteiger partial charge in [0.25, 0.3) is 0 Å². The summed E-state index contributed by atoms with van der Waals surface area (Å²) in [5.41, 5.74) is 2.19. The molecule has 0 spiro atoms. The predicted octanol–water partition coefficient (Wildman–Crippen LogP) is 4.18. The normalized spacial score (nSPS) is 11.4. The first-order chi connectivity index (χ1) is 6.38. The van der Waals surface area contributed by atoms with Crippen molar-refractivity contribution in [2.24, 2.45) is 0 Å². The van der Waals surface area contributed by atoms with E-state index in [1.165, 1.54) is 12.1 Å². The average molecular weight is 208 g/mol. The highest BCUT2D eigenvalue weighted by molar-refractivity contribution is 6.77. The highest BCUT2D eigenvalue weighted by atomic mass is 28.3. The SMILES string of the molecule is C=C(C[Si](C)(C)C)c1ccc(F)cc1. The quantitative estimate of drug-likeness (QED) is 0.654. The molecule has 0 aliphatic heterocycles. The van der Waals surface area contributed by atoms with E-state index in [2.05, 4.69) is 26.2 Å². The molecule has 2 heteroatoms. The topological polar surface area (TPSA) is 0 Å². The van der Waals surface area contributed by atoms with E-state index in [4.69, 9.17) is 0 Å². The molecular weight excluding hydrogens is 191 g/mol. The van der Waals surface area contributed by atoms with Gasteiger partial charge in [-0.2, -0.15) is 0 Å². The van der Waals surface area contributed by atoms with Gasteiger partial charge in [0, 0.05) is 8.07 Å². The summed E-state index contributed by atoms with van der Waals surface area (Å²) in [6.07, 6.45) is 0. The molecule has 0 aliphatic rings. The third-order valence-corrected chi connectivity index (χ3v) is 3.48. The third kappa shape index (κ3) is 3.46. The first-order valence-corrected chi connectivity index (χ1v) is 8.53. The number of hydrogen-bond acceptors (Lipinski definition) is 0. The van der Waals surface area contributed by atoms with E-state index < -0.39 is 8.07 Å². The Morgan fingerprint density at radius 3 is 2.14 bits per heavy atom. The summed E-state index contributed by atoms with van der Waals surface area (Å²) in [6, 6.07) is 7.66. The van der Waals surface area contributed by atoms with E-state index >= 15 is 0 Å². The van der Waals surface area contributed by atoms with Gasteiger partial charge in [-0.05, 0) is 23.7 Å². The maximum Gasteiger partial charge on any atom is 0.123 e. The van der Waals surface area contributed by atoms with Crippen molar-refractivity contribution in [1.82, 2.24) is 0 Å². The fourth-order valence-electron chi connectivity index (χ4n) is 1.43. The standard InChI is InChI=1S/C12H17FSi/c1-10(9-14(2,3)4)11-5-7-12(13)8-6-11/h5-8H,1,9H2,2-4H3. The molecule has 0 bridgehead atoms. The van der Waals surface area contributed by atoms with E-state index in [1.54, 1.807) is 12.1 Å². The molecule has 0 nitrogen and oxygen atoms in total. The van der Waals surface area contributed by atoms with Gasteiger partial charge < -0.3 is 0 Å². The van der Waals surface area contributed by atoms with E-state index in [0.29, 0.717) is 0 Å². The van der Waals surface area contributed by atoms with Crippen molar-refractivity contribution in [2.45, 2.75) is 25.7 Å². The highest BCUT2D eigenvalue weighted by Gasteiger charge is 2.15. The number of halogens is 1. The van der Waals surface area contributed by atoms with Gasteiger partial charge >= 0.3 is 0 Å². The van der Waals surface area contributed by atoms with Crippen LogP contribution in [0, 0.1) is 5.82 Å². The zero-order valence-corrected chi connectivity index (χ0v) is 10.1. The Morgan fingerprint density at radius 2 is 1.71 bits per heavy atom. The summed E-state index contributed by atoms with van der Waals surface area (Å²) in [7, 11) is -1.11. The fraction of sp³-hybridized carbons (Fsp3) is 0.333. The van der Waals surface area contributed by atoms with E-state index in [-0.39, 0.29) is 5.82 Å². The van der Waals surface area contributed by atoms with Crippen molar-refractivity contribution in [1.29, 1.82) is 0 Å². The lowest BCUT2D eigenvalue weighted by Gasteiger charge is -2.17. The van der Waals surface area contributed by atoms with Crippen molar-refractivity contribution >= 4 is 13.6 Å². The van der Waals surface area contributed by atoms with Crippen LogP contribution in [-0.2, 0) is 0 Å². The molecule has 76 valence electrons. The monoisotopic (exact) mass is 208 g/mol. The molecule has 0 atom stereocenters. The third-order valence-electron chi connectivity index (χ3n) is 2.00. The smallest absolute Gasteiger partial charge is 0.123 e. The molecule has 0 saturated carbocycles. The number of rotatable bonds is 3. The Balaban J connectivity index is 2.76. The van der Waals surface area contributed by atoms with Gasteiger partial charge in [-0.3, -0.25) is 0 Å². The first-order valence-electron chi connectivity index (χ1n) is 4.82. The Morgan fingerprint density at radius 1 is 1.21 bits per heavy atom. The minimum Gasteiger partial charge on any atom is -0.207 e. The highest BCUT2D eigenvalue weighted by Crippen LogP contribution is 2.23. The van der Waals surface area contributed by atoms with Crippen LogP contribution >= 0.6 is 0 Å². The Bertz CT molecular complexity index is 319. The zero-order valence-electron chi connectivity index (χ0n) is 9.10. The van der Waals surface area contributed by atoms with Gasteiger partial charge in [0.1, 0.15) is 5.82 Å². The van der Waals surface area contributed by atoms with Crippen molar-refractivity contribution in [3.05, 3.63) is 42.2 Å². The lowest BCUT2D eigenvalue weighted by atomic mass is 10.1. The molecule has 0 unspecified atom stereocenters. The molecule has 0 N–H and O–H groups in total. The van der Waals surface area contributed by atoms with Crippen LogP contribution in [0.15, 0.2) is 30.8 Å². The van der Waals surface area contributed by atoms with E-state index in [9.17, 15) is 4.39 Å². The molecule has 0 aromatic heterocycles. The van der Waals surface area contributed by atoms with Crippen molar-refractivity contribution in [2.75, 3.05) is 0 Å². The molecule has 0 saturated heterocycles. The van der Waals surface area contributed by atoms with Crippen LogP contribution in [0.3, 0.4) is 0 Å². The summed E-state index contributed by atoms with van der Waals surface area (Å²) in [6.45, 7) is 11.0. The predicted molar refractivity (Wildman–Crippen MR) is 63.6 cm³/mol. The summed E-state index contributed by atoms with van der Waals surface area (Å²) in [5.74, 6) is -0.186. The lowest BCUT2D eigenvalue weighted by Crippen LogP contribution is -2.19. The molecule has 0 fully saturated rings. The molecule has 0 heterocycles. The Kier molecular flexibility index (Phi) is 3.27. The van der Waals surface area contributed by atoms with Crippen LogP contribution in [-0.4, -0.2) is 8.07 Å². The van der Waals surface area contributed by atoms with E-state index in [1.807, 2.05) is 0 Å². The van der Waals surface area contributed by atoms with Crippen LogP contribution in [0.1, 0.15) is 5.56 Å². The second-order valence-electron chi connectivity index (χ2n) is 4.85. The maximum absolute atomic E-state index is 12.7. The second-order valence-corrected chi connectivity index (χ2v) is 10.3. The Hall–Kier alpha value is -0.893. The van der Waals surface area contributed by atoms with Gasteiger partial charge in [0.05, 0.1) is 0 Å². The summed E-state index contributed by atoms with van der Waals surface area (Å²) < 4.78 is 12.7. The summed E-state index contributed by atoms with van der Waals surface area (Å²) in [5, 5.41) is 0. The molecule has 0 amide bonds. The molecule has 14 heavy (non-hydrogen) atoms. The van der Waals surface area contributed by atoms with Crippen LogP contribution in [0.4, 0.5) is 4.39 Å². The van der Waals surface area contributed by atoms with Gasteiger partial charge in [-0.1, -0.05) is 43.9 Å². The summed E-state index contributed by atoms with van der Waals surface area (Å²) >= 11 is 0. The minimum atomic E-state index is -1.11. The molecule has 1 rings (SSSR count). The number of hydrogen-bond donors (Lipinski definition) is 0. The second kappa shape index (κ2) is 4.09. The average Bonchev–Trinajstić information content (AvgIpc) is 2.02. The van der Waals surface area contributed by atoms with Crippen LogP contribution < -0.4 is 0 Å². The van der Waals surface area contributed by atoms with Gasteiger partial charge in [0.15, 0.2) is 0 Å². The van der Waals surface area contributed by atoms with Crippen molar-refractivity contribution < 1.29 is 4.39 Å². The zero-order chi connectivity index (χ0) is 10.8. The molecule has 0 radical (unpaired) electrons. The summed E-state index contributed by atoms with van der Waals surface area (Å²) in [4.78, 5) is 0. The van der Waals surface area contributed by atoms with E-state index in [0.717, 1.165) is 17.2 Å². The van der Waals surface area contributed by atoms with Crippen LogP contribution in [0.25, 0.3) is 5.57 Å². The number of benzene rings is 1. The largest absolute Gasteiger partial charge is 0.207 e. The maximum atomic E-state index is 12.7. The minimum absolute atomic E-state index is 0.186. The molecule has 1 aromatic carbocycles. The molecular formula is C12H17FSi. The lowest BCUT2D eigenvalue weighted by molar-refractivity contribution is 0.627. The van der Waals surface area contributed by atoms with Crippen molar-refractivity contribution in [3.8, 4) is 0 Å². The van der Waals surface area contributed by atoms with Crippen LogP contribution in [0.2, 0.25) is 25.7 Å². The first kappa shape index (κ1) is 11.2. The molecule has 0 aliphatic carbocycles. The molecule has 1 aromatic rings.